The lowest BCUT2D eigenvalue weighted by atomic mass is 10.1. The normalized spacial score (nSPS) is 13.2. The molecule has 3 rings (SSSR count). The number of hydrogen-bond donors (Lipinski definition) is 0. The molecule has 2 aromatic rings. The fourth-order valence-corrected chi connectivity index (χ4v) is 2.64. The van der Waals surface area contributed by atoms with Gasteiger partial charge in [-0.15, -0.1) is 0 Å². The van der Waals surface area contributed by atoms with Gasteiger partial charge >= 0.3 is 5.97 Å². The summed E-state index contributed by atoms with van der Waals surface area (Å²) in [4.78, 5) is 41.4. The lowest BCUT2D eigenvalue weighted by molar-refractivity contribution is 0.0599. The Morgan fingerprint density at radius 1 is 1.17 bits per heavy atom. The molecule has 0 fully saturated rings. The van der Waals surface area contributed by atoms with Gasteiger partial charge < -0.3 is 4.74 Å². The first-order valence-corrected chi connectivity index (χ1v) is 7.09. The van der Waals surface area contributed by atoms with Crippen LogP contribution in [-0.2, 0) is 11.3 Å². The van der Waals surface area contributed by atoms with Crippen molar-refractivity contribution in [3.05, 3.63) is 63.9 Å². The molecule has 0 aliphatic carbocycles. The van der Waals surface area contributed by atoms with Crippen LogP contribution in [0.15, 0.2) is 36.4 Å². The molecule has 0 N–H and O–H groups in total. The van der Waals surface area contributed by atoms with Gasteiger partial charge in [-0.2, -0.15) is 0 Å². The summed E-state index contributed by atoms with van der Waals surface area (Å²) in [6, 6.07) is 9.39. The number of halogens is 1. The number of aromatic nitrogens is 1. The van der Waals surface area contributed by atoms with Crippen LogP contribution in [0.1, 0.15) is 36.8 Å². The number of ether oxygens (including phenoxy) is 1. The van der Waals surface area contributed by atoms with E-state index in [0.29, 0.717) is 16.8 Å². The first-order valence-electron chi connectivity index (χ1n) is 6.71. The fraction of sp³-hybridized carbons (Fsp3) is 0.125. The van der Waals surface area contributed by atoms with E-state index in [2.05, 4.69) is 9.72 Å². The number of amides is 2. The zero-order valence-corrected chi connectivity index (χ0v) is 12.8. The maximum Gasteiger partial charge on any atom is 0.338 e. The monoisotopic (exact) mass is 330 g/mol. The summed E-state index contributed by atoms with van der Waals surface area (Å²) in [6.07, 6.45) is 0. The number of fused-ring (bicyclic) bond motifs is 1. The van der Waals surface area contributed by atoms with Gasteiger partial charge in [0.25, 0.3) is 11.8 Å². The van der Waals surface area contributed by atoms with Crippen molar-refractivity contribution in [2.45, 2.75) is 6.54 Å². The highest BCUT2D eigenvalue weighted by atomic mass is 35.5. The molecule has 0 spiro atoms. The largest absolute Gasteiger partial charge is 0.465 e. The highest BCUT2D eigenvalue weighted by molar-refractivity contribution is 6.29. The highest BCUT2D eigenvalue weighted by Crippen LogP contribution is 2.24. The van der Waals surface area contributed by atoms with E-state index in [0.717, 1.165) is 4.90 Å². The molecule has 2 amide bonds. The minimum atomic E-state index is -0.571. The lowest BCUT2D eigenvalue weighted by Gasteiger charge is -2.14. The van der Waals surface area contributed by atoms with E-state index in [4.69, 9.17) is 11.6 Å². The van der Waals surface area contributed by atoms with Crippen molar-refractivity contribution < 1.29 is 19.1 Å². The lowest BCUT2D eigenvalue weighted by Crippen LogP contribution is -2.29. The Labute approximate surface area is 136 Å². The molecule has 1 aliphatic heterocycles. The molecule has 2 heterocycles. The van der Waals surface area contributed by atoms with Gasteiger partial charge in [-0.05, 0) is 24.3 Å². The quantitative estimate of drug-likeness (QED) is 0.490. The number of hydrogen-bond acceptors (Lipinski definition) is 5. The van der Waals surface area contributed by atoms with Gasteiger partial charge in [0, 0.05) is 0 Å². The van der Waals surface area contributed by atoms with Crippen LogP contribution < -0.4 is 0 Å². The van der Waals surface area contributed by atoms with E-state index < -0.39 is 17.8 Å². The average Bonchev–Trinajstić information content (AvgIpc) is 2.79. The Morgan fingerprint density at radius 3 is 2.35 bits per heavy atom. The van der Waals surface area contributed by atoms with Gasteiger partial charge in [0.2, 0.25) is 0 Å². The number of imide groups is 1. The number of benzene rings is 1. The summed E-state index contributed by atoms with van der Waals surface area (Å²) in [5.74, 6) is -1.36. The van der Waals surface area contributed by atoms with Crippen LogP contribution in [0.25, 0.3) is 0 Å². The summed E-state index contributed by atoms with van der Waals surface area (Å²) < 4.78 is 4.64. The second-order valence-corrected chi connectivity index (χ2v) is 5.29. The van der Waals surface area contributed by atoms with Gasteiger partial charge in [-0.1, -0.05) is 23.7 Å². The van der Waals surface area contributed by atoms with Crippen LogP contribution in [-0.4, -0.2) is 34.8 Å². The molecule has 1 aromatic heterocycles. The summed E-state index contributed by atoms with van der Waals surface area (Å²) in [5.41, 5.74) is 1.24. The van der Waals surface area contributed by atoms with Crippen LogP contribution in [0.4, 0.5) is 0 Å². The van der Waals surface area contributed by atoms with Crippen molar-refractivity contribution in [1.29, 1.82) is 0 Å². The number of methoxy groups -OCH3 is 1. The van der Waals surface area contributed by atoms with Gasteiger partial charge in [0.05, 0.1) is 36.0 Å². The van der Waals surface area contributed by atoms with Crippen LogP contribution in [0.2, 0.25) is 5.15 Å². The number of rotatable bonds is 3. The molecule has 0 atom stereocenters. The number of carbonyl (C=O) groups excluding carboxylic acids is 3. The van der Waals surface area contributed by atoms with Crippen molar-refractivity contribution in [1.82, 2.24) is 9.88 Å². The van der Waals surface area contributed by atoms with E-state index >= 15 is 0 Å². The maximum atomic E-state index is 12.3. The Bertz CT molecular complexity index is 800. The summed E-state index contributed by atoms with van der Waals surface area (Å²) >= 11 is 5.89. The molecule has 116 valence electrons. The Hall–Kier alpha value is -2.73. The Balaban J connectivity index is 1.92. The van der Waals surface area contributed by atoms with Crippen molar-refractivity contribution in [2.75, 3.05) is 7.11 Å². The molecular formula is C16H11ClN2O4. The first kappa shape index (κ1) is 15.2. The summed E-state index contributed by atoms with van der Waals surface area (Å²) in [5, 5.41) is 0.0829. The fourth-order valence-electron chi connectivity index (χ4n) is 2.41. The third-order valence-corrected chi connectivity index (χ3v) is 3.66. The summed E-state index contributed by atoms with van der Waals surface area (Å²) in [6.45, 7) is -0.0725. The Kier molecular flexibility index (Phi) is 3.83. The minimum Gasteiger partial charge on any atom is -0.465 e. The topological polar surface area (TPSA) is 76.6 Å². The second kappa shape index (κ2) is 5.81. The van der Waals surface area contributed by atoms with Crippen molar-refractivity contribution in [2.24, 2.45) is 0 Å². The second-order valence-electron chi connectivity index (χ2n) is 4.90. The molecular weight excluding hydrogens is 320 g/mol. The summed E-state index contributed by atoms with van der Waals surface area (Å²) in [7, 11) is 1.25. The maximum absolute atomic E-state index is 12.3. The molecule has 0 bridgehead atoms. The van der Waals surface area contributed by atoms with Gasteiger partial charge in [0.1, 0.15) is 5.15 Å². The van der Waals surface area contributed by atoms with E-state index in [-0.39, 0.29) is 17.3 Å². The number of pyridine rings is 1. The van der Waals surface area contributed by atoms with Gasteiger partial charge in [-0.25, -0.2) is 9.78 Å². The Morgan fingerprint density at radius 2 is 1.78 bits per heavy atom. The number of carbonyl (C=O) groups is 3. The van der Waals surface area contributed by atoms with Crippen LogP contribution >= 0.6 is 11.6 Å². The van der Waals surface area contributed by atoms with E-state index in [1.54, 1.807) is 24.3 Å². The molecule has 1 aromatic carbocycles. The highest BCUT2D eigenvalue weighted by Gasteiger charge is 2.35. The molecule has 6 nitrogen and oxygen atoms in total. The van der Waals surface area contributed by atoms with Crippen molar-refractivity contribution in [3.63, 3.8) is 0 Å². The third-order valence-electron chi connectivity index (χ3n) is 3.47. The predicted molar refractivity (Wildman–Crippen MR) is 81.2 cm³/mol. The molecule has 0 saturated carbocycles. The molecule has 0 saturated heterocycles. The van der Waals surface area contributed by atoms with E-state index in [9.17, 15) is 14.4 Å². The van der Waals surface area contributed by atoms with Crippen molar-refractivity contribution in [3.8, 4) is 0 Å². The standard InChI is InChI=1S/C16H11ClN2O4/c1-23-16(22)9-6-10(18-13(17)7-9)8-19-14(20)11-4-2-3-5-12(11)15(19)21/h2-7H,8H2,1H3. The number of nitrogens with zero attached hydrogens (tertiary/aromatic N) is 2. The van der Waals surface area contributed by atoms with E-state index in [1.807, 2.05) is 0 Å². The third kappa shape index (κ3) is 2.68. The SMILES string of the molecule is COC(=O)c1cc(Cl)nc(CN2C(=O)c3ccccc3C2=O)c1. The average molecular weight is 331 g/mol. The zero-order valence-electron chi connectivity index (χ0n) is 12.1. The zero-order chi connectivity index (χ0) is 16.6. The van der Waals surface area contributed by atoms with Crippen molar-refractivity contribution >= 4 is 29.4 Å². The first-order chi connectivity index (χ1) is 11.0. The molecule has 23 heavy (non-hydrogen) atoms. The van der Waals surface area contributed by atoms with Crippen LogP contribution in [0.3, 0.4) is 0 Å². The number of esters is 1. The van der Waals surface area contributed by atoms with Crippen LogP contribution in [0.5, 0.6) is 0 Å². The molecule has 0 unspecified atom stereocenters. The smallest absolute Gasteiger partial charge is 0.338 e. The molecule has 1 aliphatic rings. The van der Waals surface area contributed by atoms with Gasteiger partial charge in [-0.3, -0.25) is 14.5 Å². The molecule has 0 radical (unpaired) electrons. The van der Waals surface area contributed by atoms with Crippen LogP contribution in [0, 0.1) is 0 Å². The van der Waals surface area contributed by atoms with E-state index in [1.165, 1.54) is 19.2 Å². The predicted octanol–water partition coefficient (Wildman–Crippen LogP) is 2.32. The molecule has 7 heteroatoms. The van der Waals surface area contributed by atoms with Gasteiger partial charge in [0.15, 0.2) is 0 Å². The minimum absolute atomic E-state index is 0.0725.